The molecule has 0 aromatic carbocycles. The van der Waals surface area contributed by atoms with Crippen LogP contribution >= 0.6 is 34.8 Å². The Labute approximate surface area is 680 Å². The van der Waals surface area contributed by atoms with E-state index in [1.165, 1.54) is 33.3 Å². The summed E-state index contributed by atoms with van der Waals surface area (Å²) in [5, 5.41) is 2.04. The number of halogens is 3. The lowest BCUT2D eigenvalue weighted by molar-refractivity contribution is -0.187. The molecule has 0 aromatic rings. The first-order valence-corrected chi connectivity index (χ1v) is 43.3. The van der Waals surface area contributed by atoms with Crippen LogP contribution in [0.4, 0.5) is 0 Å². The molecule has 18 aliphatic rings. The fourth-order valence-corrected chi connectivity index (χ4v) is 31.0. The summed E-state index contributed by atoms with van der Waals surface area (Å²) in [4.78, 5) is 147. The van der Waals surface area contributed by atoms with Crippen LogP contribution in [0.25, 0.3) is 0 Å². The topological polar surface area (TPSA) is 254 Å². The van der Waals surface area contributed by atoms with Crippen LogP contribution in [0.5, 0.6) is 0 Å². The highest BCUT2D eigenvalue weighted by atomic mass is 35.5. The minimum atomic E-state index is -1.05. The van der Waals surface area contributed by atoms with Crippen LogP contribution in [-0.2, 0) is 81.2 Å². The van der Waals surface area contributed by atoms with Gasteiger partial charge >= 0.3 is 23.9 Å². The summed E-state index contributed by atoms with van der Waals surface area (Å²) >= 11 is 20.2. The number of Topliss-reactive ketones (excluding diaryl/α,β-unsaturated/α-hetero) is 4. The third kappa shape index (κ3) is 11.6. The highest BCUT2D eigenvalue weighted by molar-refractivity contribution is 6.33. The van der Waals surface area contributed by atoms with Crippen molar-refractivity contribution in [1.29, 1.82) is 0 Å². The van der Waals surface area contributed by atoms with Crippen molar-refractivity contribution in [3.8, 4) is 0 Å². The molecule has 17 aliphatic carbocycles. The van der Waals surface area contributed by atoms with Crippen molar-refractivity contribution < 1.29 is 81.2 Å². The summed E-state index contributed by atoms with van der Waals surface area (Å²) in [7, 11) is 0. The van der Waals surface area contributed by atoms with Gasteiger partial charge in [-0.25, -0.2) is 0 Å². The lowest BCUT2D eigenvalue weighted by Gasteiger charge is -2.57. The second-order valence-electron chi connectivity index (χ2n) is 39.8. The molecule has 610 valence electrons. The van der Waals surface area contributed by atoms with E-state index in [2.05, 4.69) is 73.6 Å². The van der Waals surface area contributed by atoms with Gasteiger partial charge in [0.15, 0.2) is 68.7 Å². The van der Waals surface area contributed by atoms with Gasteiger partial charge in [0.2, 0.25) is 0 Å². The van der Waals surface area contributed by atoms with Crippen LogP contribution in [0.15, 0.2) is 92.1 Å². The first-order valence-electron chi connectivity index (χ1n) is 42.1. The van der Waals surface area contributed by atoms with Gasteiger partial charge in [-0.2, -0.15) is 0 Å². The van der Waals surface area contributed by atoms with E-state index in [1.807, 2.05) is 18.2 Å². The van der Waals surface area contributed by atoms with Crippen molar-refractivity contribution in [2.75, 3.05) is 0 Å². The molecule has 1 heterocycles. The van der Waals surface area contributed by atoms with Gasteiger partial charge in [0, 0.05) is 94.0 Å². The lowest BCUT2D eigenvalue weighted by Crippen LogP contribution is -2.59. The highest BCUT2D eigenvalue weighted by Gasteiger charge is 2.76. The summed E-state index contributed by atoms with van der Waals surface area (Å²) in [6.45, 7) is 29.4. The standard InChI is InChI=1S/C24H29ClO4.C23H29ClO4.C23H27ClO4.C23H30O5/c1-12(26)24(29-13(2)27)8-6-16-14-10-20(25)19-11-21(28)15-9-18(15)23(19,4)17(14)5-7-22(16,24)3;2*1-13(25)23(28-14(2)26)10-7-18-16-12-20(24)19-11-15(27)5-8-21(19,3)17(16)6-9-22(18,23)4;1-12(24)23(28-13(2)25)10-7-16-18-15(6-9-22(16,23)4)21(3)8-5-14(26)11-17(21)19-20(18)27-19/h10-11,14-18H,5-9H2,1-4H3;11-12,16-18H,5-10H2,1-4H3;5,8,11-12,16-18H,6-7,9-10H2,1-4H3;11,15-16,18-20H,5-10H2,1-4H3/t14?,15-,16?,17?,18+,22+,23+,24+;2*16?,17?,18?,21-,22+,23+;15?,16?,18?,19-,20+,21-,22+,23+/m1111/s1. The Kier molecular flexibility index (Phi) is 20.0. The van der Waals surface area contributed by atoms with E-state index >= 15 is 0 Å². The van der Waals surface area contributed by atoms with E-state index in [0.29, 0.717) is 95.0 Å². The van der Waals surface area contributed by atoms with Crippen molar-refractivity contribution in [2.45, 2.75) is 280 Å². The Hall–Kier alpha value is -6.01. The first-order chi connectivity index (χ1) is 52.8. The molecular weight excluding hydrogens is 1500 g/mol. The zero-order chi connectivity index (χ0) is 82.0. The number of hydrogen-bond donors (Lipinski definition) is 0. The number of ether oxygens (including phenoxy) is 5. The molecule has 1 saturated heterocycles. The minimum Gasteiger partial charge on any atom is -0.451 e. The van der Waals surface area contributed by atoms with Gasteiger partial charge in [-0.3, -0.25) is 57.5 Å². The fourth-order valence-electron chi connectivity index (χ4n) is 29.8. The van der Waals surface area contributed by atoms with Crippen LogP contribution in [0.3, 0.4) is 0 Å². The summed E-state index contributed by atoms with van der Waals surface area (Å²) in [5.74, 6) is 3.04. The SMILES string of the molecule is CC(=O)O[C@]1(C(C)=O)CCC2C3C(CC[C@@]21C)[C@@]1(C)CCC(=O)C=C1[C@H]1O[C@@H]31.CC(=O)O[C@]1(C(C)=O)CCC2C3C=C(Cl)C4=CC(=O)C=C[C@]4(C)C3CC[C@@]21C.CC(=O)O[C@]1(C(C)=O)CCC2C3C=C(Cl)C4=CC(=O)CC[C@]4(C)C3CC[C@@]21C.CC(=O)O[C@]1(C(C)=O)CCC2C3C=C(Cl)C4=CC(=O)[C@@H]5C[C@@H]5[C@]4(C)C3CC[C@@]21C. The molecule has 10 saturated carbocycles. The number of rotatable bonds is 8. The Balaban J connectivity index is 0.000000119. The molecule has 18 rings (SSSR count). The fraction of sp³-hybridized carbons (Fsp3) is 0.699. The number of esters is 4. The quantitative estimate of drug-likeness (QED) is 0.124. The third-order valence-corrected chi connectivity index (χ3v) is 36.5. The third-order valence-electron chi connectivity index (χ3n) is 35.5. The normalized spacial score (nSPS) is 47.4. The predicted molar refractivity (Wildman–Crippen MR) is 423 cm³/mol. The second kappa shape index (κ2) is 27.5. The molecule has 20 heteroatoms. The van der Waals surface area contributed by atoms with E-state index < -0.39 is 33.8 Å². The maximum atomic E-state index is 12.8. The van der Waals surface area contributed by atoms with E-state index in [1.54, 1.807) is 45.9 Å². The average Bonchev–Trinajstić information content (AvgIpc) is 1.54. The van der Waals surface area contributed by atoms with Gasteiger partial charge in [-0.15, -0.1) is 0 Å². The number of fused-ring (bicyclic) bond motifs is 25. The molecular formula is C93H115Cl3O17. The molecule has 113 heavy (non-hydrogen) atoms. The lowest BCUT2D eigenvalue weighted by atomic mass is 9.46. The summed E-state index contributed by atoms with van der Waals surface area (Å²) in [6.07, 6.45) is 34.1. The van der Waals surface area contributed by atoms with Gasteiger partial charge in [-0.05, 0) is 290 Å². The van der Waals surface area contributed by atoms with Crippen molar-refractivity contribution in [2.24, 2.45) is 126 Å². The Morgan fingerprint density at radius 1 is 0.398 bits per heavy atom. The van der Waals surface area contributed by atoms with Gasteiger partial charge in [-0.1, -0.05) is 114 Å². The predicted octanol–water partition coefficient (Wildman–Crippen LogP) is 17.3. The Morgan fingerprint density at radius 2 is 0.779 bits per heavy atom. The first kappa shape index (κ1) is 82.1. The van der Waals surface area contributed by atoms with Crippen molar-refractivity contribution in [1.82, 2.24) is 0 Å². The summed E-state index contributed by atoms with van der Waals surface area (Å²) < 4.78 is 29.4. The molecule has 12 unspecified atom stereocenters. The number of carbonyl (C=O) groups excluding carboxylic acids is 12. The minimum absolute atomic E-state index is 0.0144. The van der Waals surface area contributed by atoms with Crippen LogP contribution in [0.1, 0.15) is 246 Å². The Morgan fingerprint density at radius 3 is 1.25 bits per heavy atom. The molecule has 0 bridgehead atoms. The molecule has 0 spiro atoms. The maximum Gasteiger partial charge on any atom is 0.303 e. The van der Waals surface area contributed by atoms with Gasteiger partial charge in [0.25, 0.3) is 0 Å². The van der Waals surface area contributed by atoms with E-state index in [9.17, 15) is 57.5 Å². The summed E-state index contributed by atoms with van der Waals surface area (Å²) in [6, 6.07) is 0. The zero-order valence-corrected chi connectivity index (χ0v) is 71.1. The number of hydrogen-bond acceptors (Lipinski definition) is 17. The van der Waals surface area contributed by atoms with Gasteiger partial charge in [0.1, 0.15) is 6.10 Å². The summed E-state index contributed by atoms with van der Waals surface area (Å²) in [5.41, 5.74) is -1.94. The number of allylic oxidation sites excluding steroid dienone is 14. The number of ketones is 8. The largest absolute Gasteiger partial charge is 0.451 e. The highest BCUT2D eigenvalue weighted by Crippen LogP contribution is 2.76. The van der Waals surface area contributed by atoms with E-state index in [-0.39, 0.29) is 156 Å². The van der Waals surface area contributed by atoms with E-state index in [0.717, 1.165) is 113 Å². The van der Waals surface area contributed by atoms with Crippen LogP contribution in [0, 0.1) is 126 Å². The van der Waals surface area contributed by atoms with Crippen LogP contribution in [-0.4, -0.2) is 105 Å². The van der Waals surface area contributed by atoms with Gasteiger partial charge in [0.05, 0.1) is 6.10 Å². The second-order valence-corrected chi connectivity index (χ2v) is 41.0. The molecule has 0 amide bonds. The Bertz CT molecular complexity index is 4510. The van der Waals surface area contributed by atoms with Crippen LogP contribution in [0.2, 0.25) is 0 Å². The van der Waals surface area contributed by atoms with E-state index in [4.69, 9.17) is 58.5 Å². The van der Waals surface area contributed by atoms with Crippen molar-refractivity contribution in [3.63, 3.8) is 0 Å². The number of carbonyl (C=O) groups is 12. The van der Waals surface area contributed by atoms with Crippen LogP contribution < -0.4 is 0 Å². The van der Waals surface area contributed by atoms with Gasteiger partial charge < -0.3 is 23.7 Å². The zero-order valence-electron chi connectivity index (χ0n) is 68.9. The molecule has 11 fully saturated rings. The van der Waals surface area contributed by atoms with Crippen molar-refractivity contribution >= 4 is 105 Å². The molecule has 28 atom stereocenters. The molecule has 0 radical (unpaired) electrons. The van der Waals surface area contributed by atoms with Crippen molar-refractivity contribution in [3.05, 3.63) is 92.1 Å². The molecule has 0 N–H and O–H groups in total. The maximum absolute atomic E-state index is 12.8. The molecule has 1 aliphatic heterocycles. The average molecular weight is 1610 g/mol. The molecule has 17 nitrogen and oxygen atoms in total. The smallest absolute Gasteiger partial charge is 0.303 e. The molecule has 0 aromatic heterocycles. The number of epoxide rings is 1. The monoisotopic (exact) mass is 1610 g/mol.